The van der Waals surface area contributed by atoms with Gasteiger partial charge in [-0.3, -0.25) is 14.8 Å². The summed E-state index contributed by atoms with van der Waals surface area (Å²) in [4.78, 5) is 22.9. The van der Waals surface area contributed by atoms with Crippen molar-refractivity contribution in [2.75, 3.05) is 13.1 Å². The van der Waals surface area contributed by atoms with Crippen LogP contribution < -0.4 is 0 Å². The van der Waals surface area contributed by atoms with E-state index in [2.05, 4.69) is 15.1 Å². The normalized spacial score (nSPS) is 18.7. The Hall–Kier alpha value is -2.24. The molecule has 3 rings (SSSR count). The van der Waals surface area contributed by atoms with Crippen molar-refractivity contribution in [1.29, 1.82) is 0 Å². The van der Waals surface area contributed by atoms with Gasteiger partial charge in [0.25, 0.3) is 5.91 Å². The first kappa shape index (κ1) is 14.7. The predicted octanol–water partition coefficient (Wildman–Crippen LogP) is 2.61. The lowest BCUT2D eigenvalue weighted by Crippen LogP contribution is -2.39. The van der Waals surface area contributed by atoms with Crippen LogP contribution in [0.4, 0.5) is 0 Å². The highest BCUT2D eigenvalue weighted by Gasteiger charge is 2.28. The van der Waals surface area contributed by atoms with Gasteiger partial charge in [-0.25, -0.2) is 0 Å². The minimum absolute atomic E-state index is 0.0898. The predicted molar refractivity (Wildman–Crippen MR) is 80.5 cm³/mol. The van der Waals surface area contributed by atoms with Crippen molar-refractivity contribution >= 4 is 5.91 Å². The van der Waals surface area contributed by atoms with Crippen LogP contribution in [0.2, 0.25) is 0 Å². The van der Waals surface area contributed by atoms with Crippen LogP contribution >= 0.6 is 0 Å². The van der Waals surface area contributed by atoms with Crippen LogP contribution in [0.3, 0.4) is 0 Å². The second kappa shape index (κ2) is 6.25. The molecule has 0 aliphatic carbocycles. The summed E-state index contributed by atoms with van der Waals surface area (Å²) in [5, 5.41) is 3.96. The lowest BCUT2D eigenvalue weighted by Gasteiger charge is -2.31. The van der Waals surface area contributed by atoms with Crippen LogP contribution in [0.15, 0.2) is 29.2 Å². The number of likely N-dealkylation sites (tertiary alicyclic amines) is 1. The molecule has 1 unspecified atom stereocenters. The summed E-state index contributed by atoms with van der Waals surface area (Å²) < 4.78 is 5.21. The Labute approximate surface area is 129 Å². The fraction of sp³-hybridized carbons (Fsp3) is 0.500. The molecule has 2 aromatic heterocycles. The highest BCUT2D eigenvalue weighted by Crippen LogP contribution is 2.26. The molecule has 0 aromatic carbocycles. The molecule has 1 saturated heterocycles. The molecular formula is C16H20N4O2. The number of carbonyl (C=O) groups excluding carboxylic acids is 1. The second-order valence-electron chi connectivity index (χ2n) is 5.99. The monoisotopic (exact) mass is 300 g/mol. The maximum Gasteiger partial charge on any atom is 0.292 e. The van der Waals surface area contributed by atoms with Gasteiger partial charge in [-0.05, 0) is 18.8 Å². The molecule has 6 heteroatoms. The standard InChI is InChI=1S/C16H20N4O2/c1-11(2)13-8-15(22-19-13)16(21)20-7-3-4-12(10-20)14-9-17-5-6-18-14/h5-6,8-9,11-12H,3-4,7,10H2,1-2H3. The van der Waals surface area contributed by atoms with Gasteiger partial charge >= 0.3 is 0 Å². The molecule has 3 heterocycles. The zero-order chi connectivity index (χ0) is 15.5. The molecular weight excluding hydrogens is 280 g/mol. The molecule has 1 fully saturated rings. The molecule has 2 aromatic rings. The van der Waals surface area contributed by atoms with Crippen molar-refractivity contribution in [2.45, 2.75) is 38.5 Å². The van der Waals surface area contributed by atoms with Crippen molar-refractivity contribution < 1.29 is 9.32 Å². The molecule has 0 spiro atoms. The summed E-state index contributed by atoms with van der Waals surface area (Å²) in [6, 6.07) is 1.75. The minimum atomic E-state index is -0.0898. The third-order valence-electron chi connectivity index (χ3n) is 4.04. The van der Waals surface area contributed by atoms with E-state index in [1.165, 1.54) is 0 Å². The van der Waals surface area contributed by atoms with Crippen molar-refractivity contribution in [3.63, 3.8) is 0 Å². The van der Waals surface area contributed by atoms with Crippen molar-refractivity contribution in [3.8, 4) is 0 Å². The van der Waals surface area contributed by atoms with Crippen molar-refractivity contribution in [1.82, 2.24) is 20.0 Å². The fourth-order valence-electron chi connectivity index (χ4n) is 2.74. The molecule has 1 amide bonds. The van der Waals surface area contributed by atoms with Gasteiger partial charge < -0.3 is 9.42 Å². The topological polar surface area (TPSA) is 72.1 Å². The molecule has 6 nitrogen and oxygen atoms in total. The first-order valence-electron chi connectivity index (χ1n) is 7.67. The summed E-state index contributed by atoms with van der Waals surface area (Å²) in [5.41, 5.74) is 1.76. The number of amides is 1. The van der Waals surface area contributed by atoms with E-state index >= 15 is 0 Å². The Bertz CT molecular complexity index is 639. The van der Waals surface area contributed by atoms with Gasteiger partial charge in [-0.2, -0.15) is 0 Å². The van der Waals surface area contributed by atoms with E-state index in [4.69, 9.17) is 4.52 Å². The average molecular weight is 300 g/mol. The molecule has 0 bridgehead atoms. The average Bonchev–Trinajstić information content (AvgIpc) is 3.05. The summed E-state index contributed by atoms with van der Waals surface area (Å²) in [5.74, 6) is 0.717. The Morgan fingerprint density at radius 1 is 1.41 bits per heavy atom. The molecule has 116 valence electrons. The van der Waals surface area contributed by atoms with Gasteiger partial charge in [0, 0.05) is 43.7 Å². The fourth-order valence-corrected chi connectivity index (χ4v) is 2.74. The second-order valence-corrected chi connectivity index (χ2v) is 5.99. The maximum absolute atomic E-state index is 12.6. The van der Waals surface area contributed by atoms with Gasteiger partial charge in [0.2, 0.25) is 5.76 Å². The lowest BCUT2D eigenvalue weighted by atomic mass is 9.95. The Morgan fingerprint density at radius 3 is 2.95 bits per heavy atom. The number of nitrogens with zero attached hydrogens (tertiary/aromatic N) is 4. The Kier molecular flexibility index (Phi) is 4.18. The highest BCUT2D eigenvalue weighted by molar-refractivity contribution is 5.91. The van der Waals surface area contributed by atoms with Crippen LogP contribution in [0.25, 0.3) is 0 Å². The van der Waals surface area contributed by atoms with Gasteiger partial charge in [-0.1, -0.05) is 19.0 Å². The summed E-state index contributed by atoms with van der Waals surface area (Å²) in [7, 11) is 0. The summed E-state index contributed by atoms with van der Waals surface area (Å²) >= 11 is 0. The number of aromatic nitrogens is 3. The molecule has 1 aliphatic heterocycles. The molecule has 1 aliphatic rings. The highest BCUT2D eigenvalue weighted by atomic mass is 16.5. The largest absolute Gasteiger partial charge is 0.351 e. The number of rotatable bonds is 3. The zero-order valence-electron chi connectivity index (χ0n) is 12.9. The lowest BCUT2D eigenvalue weighted by molar-refractivity contribution is 0.0663. The molecule has 1 atom stereocenters. The third kappa shape index (κ3) is 3.00. The van der Waals surface area contributed by atoms with Crippen molar-refractivity contribution in [3.05, 3.63) is 41.8 Å². The van der Waals surface area contributed by atoms with Crippen LogP contribution in [-0.4, -0.2) is 39.0 Å². The van der Waals surface area contributed by atoms with E-state index in [1.807, 2.05) is 18.7 Å². The number of piperidine rings is 1. The van der Waals surface area contributed by atoms with Crippen LogP contribution in [0.5, 0.6) is 0 Å². The molecule has 0 radical (unpaired) electrons. The SMILES string of the molecule is CC(C)c1cc(C(=O)N2CCCC(c3cnccn3)C2)on1. The smallest absolute Gasteiger partial charge is 0.292 e. The van der Waals surface area contributed by atoms with Gasteiger partial charge in [-0.15, -0.1) is 0 Å². The zero-order valence-corrected chi connectivity index (χ0v) is 12.9. The third-order valence-corrected chi connectivity index (χ3v) is 4.04. The molecule has 0 N–H and O–H groups in total. The minimum Gasteiger partial charge on any atom is -0.351 e. The number of hydrogen-bond acceptors (Lipinski definition) is 5. The van der Waals surface area contributed by atoms with E-state index < -0.39 is 0 Å². The Balaban J connectivity index is 1.72. The summed E-state index contributed by atoms with van der Waals surface area (Å²) in [6.07, 6.45) is 7.12. The maximum atomic E-state index is 12.6. The summed E-state index contributed by atoms with van der Waals surface area (Å²) in [6.45, 7) is 5.44. The first-order valence-corrected chi connectivity index (χ1v) is 7.67. The van der Waals surface area contributed by atoms with Gasteiger partial charge in [0.05, 0.1) is 11.4 Å². The van der Waals surface area contributed by atoms with E-state index in [0.717, 1.165) is 30.8 Å². The van der Waals surface area contributed by atoms with Crippen LogP contribution in [0.1, 0.15) is 60.5 Å². The van der Waals surface area contributed by atoms with Crippen LogP contribution in [0, 0.1) is 0 Å². The first-order chi connectivity index (χ1) is 10.6. The number of hydrogen-bond donors (Lipinski definition) is 0. The van der Waals surface area contributed by atoms with Gasteiger partial charge in [0.1, 0.15) is 0 Å². The quantitative estimate of drug-likeness (QED) is 0.871. The molecule has 22 heavy (non-hydrogen) atoms. The van der Waals surface area contributed by atoms with Crippen LogP contribution in [-0.2, 0) is 0 Å². The van der Waals surface area contributed by atoms with E-state index in [1.54, 1.807) is 24.7 Å². The Morgan fingerprint density at radius 2 is 2.27 bits per heavy atom. The van der Waals surface area contributed by atoms with E-state index in [0.29, 0.717) is 12.3 Å². The van der Waals surface area contributed by atoms with Gasteiger partial charge in [0.15, 0.2) is 0 Å². The van der Waals surface area contributed by atoms with E-state index in [9.17, 15) is 4.79 Å². The van der Waals surface area contributed by atoms with Crippen molar-refractivity contribution in [2.24, 2.45) is 0 Å². The van der Waals surface area contributed by atoms with E-state index in [-0.39, 0.29) is 17.7 Å². The number of carbonyl (C=O) groups is 1. The molecule has 0 saturated carbocycles.